The van der Waals surface area contributed by atoms with Gasteiger partial charge in [0.25, 0.3) is 0 Å². The molecule has 0 aromatic heterocycles. The number of benzene rings is 1. The Bertz CT molecular complexity index is 426. The molecule has 0 aliphatic heterocycles. The van der Waals surface area contributed by atoms with E-state index in [-0.39, 0.29) is 5.97 Å². The van der Waals surface area contributed by atoms with Crippen LogP contribution in [0.25, 0.3) is 0 Å². The molecule has 0 spiro atoms. The van der Waals surface area contributed by atoms with Gasteiger partial charge in [0.2, 0.25) is 0 Å². The lowest BCUT2D eigenvalue weighted by Gasteiger charge is -2.30. The van der Waals surface area contributed by atoms with Crippen molar-refractivity contribution < 1.29 is 9.53 Å². The minimum Gasteiger partial charge on any atom is -0.461 e. The van der Waals surface area contributed by atoms with Crippen LogP contribution in [0.2, 0.25) is 0 Å². The summed E-state index contributed by atoms with van der Waals surface area (Å²) < 4.78 is 5.40. The molecule has 1 aliphatic carbocycles. The van der Waals surface area contributed by atoms with Crippen molar-refractivity contribution in [1.29, 1.82) is 0 Å². The zero-order chi connectivity index (χ0) is 14.5. The third kappa shape index (κ3) is 4.34. The van der Waals surface area contributed by atoms with E-state index in [4.69, 9.17) is 4.74 Å². The molecule has 0 saturated heterocycles. The number of esters is 1. The van der Waals surface area contributed by atoms with Gasteiger partial charge in [0.1, 0.15) is 6.61 Å². The van der Waals surface area contributed by atoms with Gasteiger partial charge < -0.3 is 9.64 Å². The predicted octanol–water partition coefficient (Wildman–Crippen LogP) is 3.24. The Hall–Kier alpha value is -1.35. The van der Waals surface area contributed by atoms with E-state index < -0.39 is 0 Å². The van der Waals surface area contributed by atoms with Crippen LogP contribution in [0.4, 0.5) is 0 Å². The zero-order valence-electron chi connectivity index (χ0n) is 12.7. The summed E-state index contributed by atoms with van der Waals surface area (Å²) in [5.41, 5.74) is 1.04. The molecule has 3 heteroatoms. The molecule has 1 saturated carbocycles. The Morgan fingerprint density at radius 1 is 1.30 bits per heavy atom. The molecule has 0 N–H and O–H groups in total. The van der Waals surface area contributed by atoms with E-state index in [0.29, 0.717) is 31.0 Å². The Kier molecular flexibility index (Phi) is 5.18. The molecule has 0 bridgehead atoms. The fourth-order valence-electron chi connectivity index (χ4n) is 2.47. The van der Waals surface area contributed by atoms with Crippen molar-refractivity contribution in [1.82, 2.24) is 4.90 Å². The predicted molar refractivity (Wildman–Crippen MR) is 80.3 cm³/mol. The van der Waals surface area contributed by atoms with E-state index >= 15 is 0 Å². The van der Waals surface area contributed by atoms with Crippen LogP contribution in [-0.2, 0) is 16.1 Å². The van der Waals surface area contributed by atoms with E-state index in [1.54, 1.807) is 0 Å². The Morgan fingerprint density at radius 2 is 1.95 bits per heavy atom. The molecule has 1 unspecified atom stereocenters. The second kappa shape index (κ2) is 6.89. The number of carbonyl (C=O) groups excluding carboxylic acids is 1. The average Bonchev–Trinajstić information content (AvgIpc) is 3.27. The van der Waals surface area contributed by atoms with Crippen molar-refractivity contribution in [3.63, 3.8) is 0 Å². The molecular weight excluding hydrogens is 250 g/mol. The Balaban J connectivity index is 1.82. The fraction of sp³-hybridized carbons (Fsp3) is 0.588. The van der Waals surface area contributed by atoms with E-state index in [0.717, 1.165) is 5.56 Å². The molecule has 1 aromatic carbocycles. The van der Waals surface area contributed by atoms with Crippen LogP contribution >= 0.6 is 0 Å². The van der Waals surface area contributed by atoms with Gasteiger partial charge in [0.05, 0.1) is 6.42 Å². The molecule has 1 fully saturated rings. The monoisotopic (exact) mass is 275 g/mol. The van der Waals surface area contributed by atoms with Crippen LogP contribution in [-0.4, -0.2) is 30.0 Å². The summed E-state index contributed by atoms with van der Waals surface area (Å²) in [5.74, 6) is 0.588. The summed E-state index contributed by atoms with van der Waals surface area (Å²) in [5, 5.41) is 0. The van der Waals surface area contributed by atoms with Gasteiger partial charge in [-0.2, -0.15) is 0 Å². The lowest BCUT2D eigenvalue weighted by molar-refractivity contribution is -0.146. The second-order valence-corrected chi connectivity index (χ2v) is 6.01. The summed E-state index contributed by atoms with van der Waals surface area (Å²) >= 11 is 0. The van der Waals surface area contributed by atoms with Gasteiger partial charge in [-0.3, -0.25) is 4.79 Å². The van der Waals surface area contributed by atoms with E-state index in [1.165, 1.54) is 12.8 Å². The molecule has 2 rings (SSSR count). The molecule has 1 atom stereocenters. The molecule has 0 amide bonds. The normalized spacial score (nSPS) is 16.4. The minimum absolute atomic E-state index is 0.0850. The van der Waals surface area contributed by atoms with Crippen LogP contribution in [0, 0.1) is 5.92 Å². The summed E-state index contributed by atoms with van der Waals surface area (Å²) in [6.45, 7) is 4.72. The summed E-state index contributed by atoms with van der Waals surface area (Å²) in [4.78, 5) is 14.3. The van der Waals surface area contributed by atoms with Crippen LogP contribution in [0.5, 0.6) is 0 Å². The highest BCUT2D eigenvalue weighted by atomic mass is 16.5. The molecule has 110 valence electrons. The number of carbonyl (C=O) groups is 1. The molecule has 3 nitrogen and oxygen atoms in total. The first-order chi connectivity index (χ1) is 9.58. The lowest BCUT2D eigenvalue weighted by atomic mass is 10.1. The quantitative estimate of drug-likeness (QED) is 0.715. The summed E-state index contributed by atoms with van der Waals surface area (Å²) in [6.07, 6.45) is 2.99. The first kappa shape index (κ1) is 15.0. The lowest BCUT2D eigenvalue weighted by Crippen LogP contribution is -2.40. The third-order valence-electron chi connectivity index (χ3n) is 4.12. The van der Waals surface area contributed by atoms with Gasteiger partial charge in [-0.05, 0) is 45.2 Å². The highest BCUT2D eigenvalue weighted by molar-refractivity contribution is 5.70. The van der Waals surface area contributed by atoms with Crippen molar-refractivity contribution in [3.8, 4) is 0 Å². The van der Waals surface area contributed by atoms with Crippen LogP contribution in [0.1, 0.15) is 38.7 Å². The van der Waals surface area contributed by atoms with Gasteiger partial charge in [0.15, 0.2) is 0 Å². The highest BCUT2D eigenvalue weighted by Crippen LogP contribution is 2.37. The number of hydrogen-bond donors (Lipinski definition) is 0. The minimum atomic E-state index is -0.0850. The standard InChI is InChI=1S/C17H25NO2/c1-13(2)18(3)16(15-9-10-15)11-17(19)20-12-14-7-5-4-6-8-14/h4-8,13,15-16H,9-12H2,1-3H3. The average molecular weight is 275 g/mol. The fourth-order valence-corrected chi connectivity index (χ4v) is 2.47. The van der Waals surface area contributed by atoms with Crippen molar-refractivity contribution in [2.24, 2.45) is 5.92 Å². The zero-order valence-corrected chi connectivity index (χ0v) is 12.7. The van der Waals surface area contributed by atoms with Crippen molar-refractivity contribution in [2.45, 2.75) is 51.8 Å². The van der Waals surface area contributed by atoms with Crippen LogP contribution < -0.4 is 0 Å². The molecule has 1 aromatic rings. The van der Waals surface area contributed by atoms with Crippen molar-refractivity contribution >= 4 is 5.97 Å². The molecule has 1 aliphatic rings. The topological polar surface area (TPSA) is 29.5 Å². The summed E-state index contributed by atoms with van der Waals surface area (Å²) in [6, 6.07) is 10.6. The maximum absolute atomic E-state index is 12.0. The van der Waals surface area contributed by atoms with Gasteiger partial charge in [-0.25, -0.2) is 0 Å². The van der Waals surface area contributed by atoms with Gasteiger partial charge in [-0.1, -0.05) is 30.3 Å². The number of hydrogen-bond acceptors (Lipinski definition) is 3. The molecule has 20 heavy (non-hydrogen) atoms. The number of ether oxygens (including phenoxy) is 1. The Morgan fingerprint density at radius 3 is 2.50 bits per heavy atom. The maximum atomic E-state index is 12.0. The van der Waals surface area contributed by atoms with E-state index in [2.05, 4.69) is 25.8 Å². The van der Waals surface area contributed by atoms with Gasteiger partial charge in [0, 0.05) is 12.1 Å². The molecular formula is C17H25NO2. The first-order valence-corrected chi connectivity index (χ1v) is 7.49. The highest BCUT2D eigenvalue weighted by Gasteiger charge is 2.36. The summed E-state index contributed by atoms with van der Waals surface area (Å²) in [7, 11) is 2.11. The van der Waals surface area contributed by atoms with E-state index in [9.17, 15) is 4.79 Å². The van der Waals surface area contributed by atoms with Crippen molar-refractivity contribution in [2.75, 3.05) is 7.05 Å². The second-order valence-electron chi connectivity index (χ2n) is 6.01. The third-order valence-corrected chi connectivity index (χ3v) is 4.12. The smallest absolute Gasteiger partial charge is 0.307 e. The number of rotatable bonds is 7. The van der Waals surface area contributed by atoms with Crippen LogP contribution in [0.3, 0.4) is 0 Å². The van der Waals surface area contributed by atoms with Crippen molar-refractivity contribution in [3.05, 3.63) is 35.9 Å². The molecule has 0 heterocycles. The SMILES string of the molecule is CC(C)N(C)C(CC(=O)OCc1ccccc1)C1CC1. The van der Waals surface area contributed by atoms with E-state index in [1.807, 2.05) is 30.3 Å². The first-order valence-electron chi connectivity index (χ1n) is 7.49. The molecule has 0 radical (unpaired) electrons. The van der Waals surface area contributed by atoms with Gasteiger partial charge in [-0.15, -0.1) is 0 Å². The largest absolute Gasteiger partial charge is 0.461 e. The maximum Gasteiger partial charge on any atom is 0.307 e. The Labute approximate surface area is 121 Å². The van der Waals surface area contributed by atoms with Crippen LogP contribution in [0.15, 0.2) is 30.3 Å². The van der Waals surface area contributed by atoms with Gasteiger partial charge >= 0.3 is 5.97 Å². The number of nitrogens with zero attached hydrogens (tertiary/aromatic N) is 1.